The molecule has 0 spiro atoms. The van der Waals surface area contributed by atoms with Crippen LogP contribution in [0.4, 0.5) is 11.5 Å². The third-order valence-electron chi connectivity index (χ3n) is 9.98. The van der Waals surface area contributed by atoms with Crippen molar-refractivity contribution in [3.8, 4) is 0 Å². The Bertz CT molecular complexity index is 1150. The Hall–Kier alpha value is -2.26. The summed E-state index contributed by atoms with van der Waals surface area (Å²) < 4.78 is 11.5. The van der Waals surface area contributed by atoms with Crippen LogP contribution in [0.25, 0.3) is 0 Å². The molecule has 2 aromatic rings. The lowest BCUT2D eigenvalue weighted by atomic mass is 9.80. The van der Waals surface area contributed by atoms with E-state index in [2.05, 4.69) is 45.3 Å². The van der Waals surface area contributed by atoms with Crippen LogP contribution in [0, 0.1) is 6.92 Å². The predicted molar refractivity (Wildman–Crippen MR) is 149 cm³/mol. The van der Waals surface area contributed by atoms with Gasteiger partial charge in [0.25, 0.3) is 0 Å². The molecule has 38 heavy (non-hydrogen) atoms. The summed E-state index contributed by atoms with van der Waals surface area (Å²) in [5, 5.41) is 3.51. The number of nitrogens with zero attached hydrogens (tertiary/aromatic N) is 5. The van der Waals surface area contributed by atoms with Crippen molar-refractivity contribution in [2.75, 3.05) is 75.9 Å². The first-order valence-corrected chi connectivity index (χ1v) is 14.7. The van der Waals surface area contributed by atoms with Gasteiger partial charge in [0.15, 0.2) is 5.60 Å². The van der Waals surface area contributed by atoms with Crippen LogP contribution in [0.15, 0.2) is 24.5 Å². The Morgan fingerprint density at radius 2 is 1.87 bits per heavy atom. The molecule has 0 bridgehead atoms. The average molecular weight is 519 g/mol. The number of aryl methyl sites for hydroxylation is 2. The zero-order valence-corrected chi connectivity index (χ0v) is 23.0. The number of rotatable bonds is 5. The van der Waals surface area contributed by atoms with Crippen LogP contribution in [0.5, 0.6) is 0 Å². The summed E-state index contributed by atoms with van der Waals surface area (Å²) >= 11 is 0. The van der Waals surface area contributed by atoms with Crippen LogP contribution in [0.2, 0.25) is 0 Å². The normalized spacial score (nSPS) is 27.6. The van der Waals surface area contributed by atoms with Crippen LogP contribution in [0.1, 0.15) is 54.0 Å². The molecule has 8 heteroatoms. The molecule has 2 atom stereocenters. The van der Waals surface area contributed by atoms with Gasteiger partial charge in [-0.25, -0.2) is 4.98 Å². The molecule has 7 rings (SSSR count). The number of fused-ring (bicyclic) bond motifs is 3. The van der Waals surface area contributed by atoms with E-state index in [0.29, 0.717) is 31.2 Å². The van der Waals surface area contributed by atoms with E-state index >= 15 is 0 Å². The van der Waals surface area contributed by atoms with Gasteiger partial charge in [0.1, 0.15) is 5.82 Å². The quantitative estimate of drug-likeness (QED) is 0.649. The van der Waals surface area contributed by atoms with E-state index in [4.69, 9.17) is 19.4 Å². The van der Waals surface area contributed by atoms with E-state index in [-0.39, 0.29) is 5.60 Å². The number of aromatic nitrogens is 2. The third kappa shape index (κ3) is 4.12. The number of nitrogens with one attached hydrogen (secondary N) is 1. The van der Waals surface area contributed by atoms with Crippen molar-refractivity contribution in [2.45, 2.75) is 62.6 Å². The van der Waals surface area contributed by atoms with Gasteiger partial charge >= 0.3 is 0 Å². The Balaban J connectivity index is 1.07. The van der Waals surface area contributed by atoms with Crippen molar-refractivity contribution in [3.05, 3.63) is 46.9 Å². The first-order valence-electron chi connectivity index (χ1n) is 14.7. The topological polar surface area (TPSA) is 66.0 Å². The van der Waals surface area contributed by atoms with Crippen molar-refractivity contribution in [2.24, 2.45) is 0 Å². The van der Waals surface area contributed by atoms with Crippen molar-refractivity contribution in [1.82, 2.24) is 20.2 Å². The summed E-state index contributed by atoms with van der Waals surface area (Å²) in [6, 6.07) is 5.93. The summed E-state index contributed by atoms with van der Waals surface area (Å²) in [5.41, 5.74) is 6.30. The smallest absolute Gasteiger partial charge is 0.156 e. The van der Waals surface area contributed by atoms with Crippen molar-refractivity contribution in [3.63, 3.8) is 0 Å². The fraction of sp³-hybridized carbons (Fsp3) is 0.667. The second-order valence-electron chi connectivity index (χ2n) is 12.0. The van der Waals surface area contributed by atoms with E-state index in [1.807, 2.05) is 6.20 Å². The highest BCUT2D eigenvalue weighted by Gasteiger charge is 2.46. The zero-order chi connectivity index (χ0) is 25.7. The number of pyridine rings is 2. The summed E-state index contributed by atoms with van der Waals surface area (Å²) in [5.74, 6) is 1.64. The molecule has 204 valence electrons. The monoisotopic (exact) mass is 518 g/mol. The highest BCUT2D eigenvalue weighted by atomic mass is 16.6. The van der Waals surface area contributed by atoms with Gasteiger partial charge in [-0.3, -0.25) is 9.88 Å². The van der Waals surface area contributed by atoms with Crippen LogP contribution >= 0.6 is 0 Å². The number of piperazine rings is 1. The second-order valence-corrected chi connectivity index (χ2v) is 12.0. The molecule has 7 heterocycles. The maximum absolute atomic E-state index is 5.95. The molecule has 8 nitrogen and oxygen atoms in total. The van der Waals surface area contributed by atoms with Crippen LogP contribution in [-0.4, -0.2) is 93.1 Å². The summed E-state index contributed by atoms with van der Waals surface area (Å²) in [7, 11) is 1.79. The molecule has 4 saturated heterocycles. The molecule has 1 N–H and O–H groups in total. The molecule has 2 unspecified atom stereocenters. The molecule has 0 radical (unpaired) electrons. The maximum Gasteiger partial charge on any atom is 0.156 e. The van der Waals surface area contributed by atoms with Crippen molar-refractivity contribution >= 4 is 11.5 Å². The molecule has 0 aliphatic carbocycles. The van der Waals surface area contributed by atoms with E-state index in [1.54, 1.807) is 7.11 Å². The largest absolute Gasteiger partial charge is 0.374 e. The lowest BCUT2D eigenvalue weighted by Crippen LogP contribution is -2.68. The van der Waals surface area contributed by atoms with Gasteiger partial charge in [-0.1, -0.05) is 0 Å². The van der Waals surface area contributed by atoms with E-state index in [0.717, 1.165) is 63.5 Å². The number of hydrogen-bond acceptors (Lipinski definition) is 8. The molecule has 0 amide bonds. The minimum absolute atomic E-state index is 0.382. The molecule has 5 aliphatic rings. The molecular weight excluding hydrogens is 476 g/mol. The highest BCUT2D eigenvalue weighted by molar-refractivity contribution is 5.63. The molecule has 2 aromatic heterocycles. The standard InChI is InChI=1S/C30H42N6O2/c1-21-6-9-32-29(30(37-2)19-38-20-30)28(21)22-7-12-35(13-8-22)27-16-25-23(17-33-27)4-3-5-24-26(18-36(24)25)34-14-10-31-11-15-34/h6,9,16-17,22,24,26,31H,3-5,7-8,10-15,18-20H2,1-2H3. The van der Waals surface area contributed by atoms with E-state index < -0.39 is 0 Å². The van der Waals surface area contributed by atoms with E-state index in [1.165, 1.54) is 48.3 Å². The number of piperidine rings is 1. The molecule has 5 aliphatic heterocycles. The van der Waals surface area contributed by atoms with Gasteiger partial charge in [0, 0.05) is 89.2 Å². The third-order valence-corrected chi connectivity index (χ3v) is 9.98. The van der Waals surface area contributed by atoms with Crippen molar-refractivity contribution in [1.29, 1.82) is 0 Å². The number of hydrogen-bond donors (Lipinski definition) is 1. The minimum Gasteiger partial charge on any atom is -0.374 e. The second kappa shape index (κ2) is 10.0. The van der Waals surface area contributed by atoms with Gasteiger partial charge in [-0.05, 0) is 67.7 Å². The fourth-order valence-corrected chi connectivity index (χ4v) is 7.61. The van der Waals surface area contributed by atoms with Crippen molar-refractivity contribution < 1.29 is 9.47 Å². The van der Waals surface area contributed by atoms with Gasteiger partial charge in [0.05, 0.1) is 18.9 Å². The average Bonchev–Trinajstić information content (AvgIpc) is 3.05. The summed E-state index contributed by atoms with van der Waals surface area (Å²) in [6.45, 7) is 11.3. The summed E-state index contributed by atoms with van der Waals surface area (Å²) in [4.78, 5) is 17.8. The molecule has 4 fully saturated rings. The Morgan fingerprint density at radius 3 is 2.61 bits per heavy atom. The minimum atomic E-state index is -0.382. The molecule has 0 aromatic carbocycles. The Morgan fingerprint density at radius 1 is 1.05 bits per heavy atom. The Labute approximate surface area is 226 Å². The fourth-order valence-electron chi connectivity index (χ4n) is 7.61. The Kier molecular flexibility index (Phi) is 6.55. The summed E-state index contributed by atoms with van der Waals surface area (Å²) in [6.07, 6.45) is 10.0. The first kappa shape index (κ1) is 24.8. The molecular formula is C30H42N6O2. The van der Waals surface area contributed by atoms with Gasteiger partial charge in [0.2, 0.25) is 0 Å². The lowest BCUT2D eigenvalue weighted by molar-refractivity contribution is -0.205. The molecule has 0 saturated carbocycles. The van der Waals surface area contributed by atoms with Gasteiger partial charge in [-0.15, -0.1) is 0 Å². The predicted octanol–water partition coefficient (Wildman–Crippen LogP) is 2.84. The lowest BCUT2D eigenvalue weighted by Gasteiger charge is -2.54. The number of anilines is 2. The van der Waals surface area contributed by atoms with Gasteiger partial charge < -0.3 is 24.6 Å². The van der Waals surface area contributed by atoms with Gasteiger partial charge in [-0.2, -0.15) is 0 Å². The first-order chi connectivity index (χ1) is 18.7. The van der Waals surface area contributed by atoms with E-state index in [9.17, 15) is 0 Å². The number of ether oxygens (including phenoxy) is 2. The number of methoxy groups -OCH3 is 1. The zero-order valence-electron chi connectivity index (χ0n) is 23.0. The van der Waals surface area contributed by atoms with Crippen LogP contribution < -0.4 is 15.1 Å². The highest BCUT2D eigenvalue weighted by Crippen LogP contribution is 2.43. The van der Waals surface area contributed by atoms with Crippen LogP contribution in [-0.2, 0) is 21.5 Å². The SMILES string of the molecule is COC1(c2nccc(C)c2C2CCN(c3cc4c(cn3)CCCC3C(N5CCNCC5)CN43)CC2)COC1. The van der Waals surface area contributed by atoms with Crippen LogP contribution in [0.3, 0.4) is 0 Å². The maximum atomic E-state index is 5.95.